The zero-order valence-corrected chi connectivity index (χ0v) is 16.5. The van der Waals surface area contributed by atoms with Gasteiger partial charge in [0.2, 0.25) is 0 Å². The molecule has 0 bridgehead atoms. The van der Waals surface area contributed by atoms with Gasteiger partial charge in [-0.3, -0.25) is 4.90 Å². The second-order valence-corrected chi connectivity index (χ2v) is 7.41. The molecule has 28 heavy (non-hydrogen) atoms. The van der Waals surface area contributed by atoms with Crippen molar-refractivity contribution in [1.29, 1.82) is 0 Å². The van der Waals surface area contributed by atoms with Crippen LogP contribution in [-0.4, -0.2) is 34.3 Å². The highest BCUT2D eigenvalue weighted by Gasteiger charge is 2.34. The first kappa shape index (κ1) is 18.9. The van der Waals surface area contributed by atoms with E-state index >= 15 is 0 Å². The largest absolute Gasteiger partial charge is 0.349 e. The average molecular weight is 377 g/mol. The number of H-pyrrole nitrogens is 1. The van der Waals surface area contributed by atoms with Gasteiger partial charge in [-0.2, -0.15) is 0 Å². The van der Waals surface area contributed by atoms with Crippen LogP contribution in [0, 0.1) is 13.8 Å². The van der Waals surface area contributed by atoms with Crippen molar-refractivity contribution in [3.63, 3.8) is 0 Å². The van der Waals surface area contributed by atoms with Gasteiger partial charge in [-0.05, 0) is 25.0 Å². The zero-order chi connectivity index (χ0) is 19.3. The summed E-state index contributed by atoms with van der Waals surface area (Å²) in [5.74, 6) is 0.955. The van der Waals surface area contributed by atoms with E-state index < -0.39 is 0 Å². The van der Waals surface area contributed by atoms with Crippen LogP contribution in [-0.2, 0) is 22.6 Å². The van der Waals surface area contributed by atoms with E-state index in [1.54, 1.807) is 6.20 Å². The zero-order valence-electron chi connectivity index (χ0n) is 16.5. The summed E-state index contributed by atoms with van der Waals surface area (Å²) in [5, 5.41) is 0. The molecule has 2 atom stereocenters. The Balaban J connectivity index is 1.55. The minimum atomic E-state index is -0.327. The summed E-state index contributed by atoms with van der Waals surface area (Å²) in [6, 6.07) is 17.0. The van der Waals surface area contributed by atoms with Crippen LogP contribution < -0.4 is 0 Å². The fraction of sp³-hybridized carbons (Fsp3) is 0.348. The predicted molar refractivity (Wildman–Crippen MR) is 109 cm³/mol. The number of nitrogens with one attached hydrogen (secondary N) is 1. The maximum absolute atomic E-state index is 6.30. The molecule has 0 spiro atoms. The van der Waals surface area contributed by atoms with Gasteiger partial charge in [-0.1, -0.05) is 59.7 Å². The molecule has 0 aliphatic carbocycles. The SMILES string of the molecule is Cc1cc(C)cc(COC2OCCN(Cc3ncc[nH]3)C2c2ccccc2)c1. The lowest BCUT2D eigenvalue weighted by Crippen LogP contribution is -2.46. The number of ether oxygens (including phenoxy) is 2. The Labute approximate surface area is 166 Å². The fourth-order valence-corrected chi connectivity index (χ4v) is 3.93. The van der Waals surface area contributed by atoms with Gasteiger partial charge in [0.1, 0.15) is 5.82 Å². The van der Waals surface area contributed by atoms with E-state index in [2.05, 4.69) is 71.2 Å². The first-order chi connectivity index (χ1) is 13.7. The molecule has 0 amide bonds. The van der Waals surface area contributed by atoms with E-state index in [-0.39, 0.29) is 12.3 Å². The lowest BCUT2D eigenvalue weighted by molar-refractivity contribution is -0.218. The predicted octanol–water partition coefficient (Wildman–Crippen LogP) is 4.14. The van der Waals surface area contributed by atoms with E-state index in [1.807, 2.05) is 12.3 Å². The molecule has 3 aromatic rings. The monoisotopic (exact) mass is 377 g/mol. The molecule has 5 nitrogen and oxygen atoms in total. The summed E-state index contributed by atoms with van der Waals surface area (Å²) in [6.45, 7) is 6.98. The highest BCUT2D eigenvalue weighted by Crippen LogP contribution is 2.32. The van der Waals surface area contributed by atoms with Crippen LogP contribution in [0.2, 0.25) is 0 Å². The molecule has 2 heterocycles. The van der Waals surface area contributed by atoms with Gasteiger partial charge in [0.15, 0.2) is 6.29 Å². The fourth-order valence-electron chi connectivity index (χ4n) is 3.93. The van der Waals surface area contributed by atoms with Gasteiger partial charge >= 0.3 is 0 Å². The second kappa shape index (κ2) is 8.69. The van der Waals surface area contributed by atoms with Crippen LogP contribution in [0.5, 0.6) is 0 Å². The molecule has 146 valence electrons. The van der Waals surface area contributed by atoms with Gasteiger partial charge < -0.3 is 14.5 Å². The maximum atomic E-state index is 6.30. The van der Waals surface area contributed by atoms with Gasteiger partial charge in [-0.15, -0.1) is 0 Å². The van der Waals surface area contributed by atoms with E-state index in [4.69, 9.17) is 9.47 Å². The number of morpholine rings is 1. The smallest absolute Gasteiger partial charge is 0.177 e. The molecule has 2 aromatic carbocycles. The Kier molecular flexibility index (Phi) is 5.86. The van der Waals surface area contributed by atoms with Gasteiger partial charge in [-0.25, -0.2) is 4.98 Å². The Bertz CT molecular complexity index is 860. The topological polar surface area (TPSA) is 50.4 Å². The average Bonchev–Trinajstić information content (AvgIpc) is 3.19. The Morgan fingerprint density at radius 3 is 2.64 bits per heavy atom. The summed E-state index contributed by atoms with van der Waals surface area (Å²) in [6.07, 6.45) is 3.33. The van der Waals surface area contributed by atoms with Gasteiger partial charge in [0.05, 0.1) is 25.8 Å². The third kappa shape index (κ3) is 4.50. The van der Waals surface area contributed by atoms with Crippen molar-refractivity contribution in [1.82, 2.24) is 14.9 Å². The van der Waals surface area contributed by atoms with Gasteiger partial charge in [0.25, 0.3) is 0 Å². The quantitative estimate of drug-likeness (QED) is 0.701. The molecule has 1 aliphatic rings. The molecule has 1 saturated heterocycles. The van der Waals surface area contributed by atoms with Crippen molar-refractivity contribution < 1.29 is 9.47 Å². The van der Waals surface area contributed by atoms with Crippen LogP contribution in [0.3, 0.4) is 0 Å². The molecule has 1 aliphatic heterocycles. The number of aromatic nitrogens is 2. The summed E-state index contributed by atoms with van der Waals surface area (Å²) < 4.78 is 12.4. The molecular formula is C23H27N3O2. The molecule has 0 radical (unpaired) electrons. The lowest BCUT2D eigenvalue weighted by Gasteiger charge is -2.40. The van der Waals surface area contributed by atoms with Crippen LogP contribution in [0.4, 0.5) is 0 Å². The van der Waals surface area contributed by atoms with Crippen molar-refractivity contribution in [2.24, 2.45) is 0 Å². The number of nitrogens with zero attached hydrogens (tertiary/aromatic N) is 2. The highest BCUT2D eigenvalue weighted by molar-refractivity contribution is 5.28. The van der Waals surface area contributed by atoms with E-state index in [9.17, 15) is 0 Å². The van der Waals surface area contributed by atoms with Crippen LogP contribution in [0.25, 0.3) is 0 Å². The lowest BCUT2D eigenvalue weighted by atomic mass is 10.0. The van der Waals surface area contributed by atoms with Crippen molar-refractivity contribution in [2.45, 2.75) is 39.3 Å². The van der Waals surface area contributed by atoms with Crippen molar-refractivity contribution in [3.8, 4) is 0 Å². The van der Waals surface area contributed by atoms with Crippen LogP contribution in [0.15, 0.2) is 60.9 Å². The normalized spacial score (nSPS) is 20.4. The number of imidazole rings is 1. The maximum Gasteiger partial charge on any atom is 0.177 e. The third-order valence-corrected chi connectivity index (χ3v) is 5.06. The molecule has 4 rings (SSSR count). The Hall–Kier alpha value is -2.47. The van der Waals surface area contributed by atoms with Crippen molar-refractivity contribution in [3.05, 3.63) is 89.0 Å². The van der Waals surface area contributed by atoms with E-state index in [0.717, 1.165) is 18.9 Å². The third-order valence-electron chi connectivity index (χ3n) is 5.06. The molecule has 5 heteroatoms. The number of rotatable bonds is 6. The molecule has 1 fully saturated rings. The number of aromatic amines is 1. The minimum Gasteiger partial charge on any atom is -0.349 e. The van der Waals surface area contributed by atoms with Crippen molar-refractivity contribution in [2.75, 3.05) is 13.2 Å². The van der Waals surface area contributed by atoms with Crippen molar-refractivity contribution >= 4 is 0 Å². The summed E-state index contributed by atoms with van der Waals surface area (Å²) in [5.41, 5.74) is 4.87. The van der Waals surface area contributed by atoms with Crippen LogP contribution >= 0.6 is 0 Å². The molecule has 2 unspecified atom stereocenters. The molecule has 1 N–H and O–H groups in total. The molecular weight excluding hydrogens is 350 g/mol. The second-order valence-electron chi connectivity index (χ2n) is 7.41. The summed E-state index contributed by atoms with van der Waals surface area (Å²) >= 11 is 0. The Morgan fingerprint density at radius 1 is 1.14 bits per heavy atom. The number of hydrogen-bond donors (Lipinski definition) is 1. The number of aryl methyl sites for hydroxylation is 2. The Morgan fingerprint density at radius 2 is 1.93 bits per heavy atom. The first-order valence-electron chi connectivity index (χ1n) is 9.77. The minimum absolute atomic E-state index is 0.0194. The standard InChI is InChI=1S/C23H27N3O2/c1-17-12-18(2)14-19(13-17)16-28-23-22(20-6-4-3-5-7-20)26(10-11-27-23)15-21-24-8-9-25-21/h3-9,12-14,22-23H,10-11,15-16H2,1-2H3,(H,24,25). The molecule has 0 saturated carbocycles. The summed E-state index contributed by atoms with van der Waals surface area (Å²) in [4.78, 5) is 9.98. The van der Waals surface area contributed by atoms with E-state index in [1.165, 1.54) is 22.3 Å². The first-order valence-corrected chi connectivity index (χ1v) is 9.77. The number of hydrogen-bond acceptors (Lipinski definition) is 4. The summed E-state index contributed by atoms with van der Waals surface area (Å²) in [7, 11) is 0. The number of benzene rings is 2. The van der Waals surface area contributed by atoms with Crippen LogP contribution in [0.1, 0.15) is 34.1 Å². The van der Waals surface area contributed by atoms with E-state index in [0.29, 0.717) is 13.2 Å². The highest BCUT2D eigenvalue weighted by atomic mass is 16.7. The molecule has 1 aromatic heterocycles. The van der Waals surface area contributed by atoms with Gasteiger partial charge in [0, 0.05) is 18.9 Å².